The van der Waals surface area contributed by atoms with Crippen LogP contribution in [0.1, 0.15) is 6.92 Å². The van der Waals surface area contributed by atoms with Gasteiger partial charge < -0.3 is 10.4 Å². The molecular weight excluding hydrogens is 244 g/mol. The van der Waals surface area contributed by atoms with Crippen LogP contribution >= 0.6 is 11.6 Å². The van der Waals surface area contributed by atoms with Crippen LogP contribution in [0.4, 0.5) is 5.69 Å². The predicted octanol–water partition coefficient (Wildman–Crippen LogP) is 0.149. The molecule has 1 heterocycles. The Hall–Kier alpha value is -1.11. The molecule has 3 N–H and O–H groups in total. The molecule has 0 radical (unpaired) electrons. The number of rotatable bonds is 7. The van der Waals surface area contributed by atoms with E-state index in [9.17, 15) is 4.79 Å². The first-order chi connectivity index (χ1) is 8.19. The van der Waals surface area contributed by atoms with Gasteiger partial charge in [-0.3, -0.25) is 9.69 Å². The molecule has 0 aliphatic heterocycles. The first-order valence-electron chi connectivity index (χ1n) is 5.49. The predicted molar refractivity (Wildman–Crippen MR) is 67.6 cm³/mol. The van der Waals surface area contributed by atoms with Crippen molar-refractivity contribution in [2.24, 2.45) is 0 Å². The molecule has 17 heavy (non-hydrogen) atoms. The van der Waals surface area contributed by atoms with Crippen LogP contribution in [0.5, 0.6) is 0 Å². The molecule has 0 bridgehead atoms. The van der Waals surface area contributed by atoms with Crippen LogP contribution in [0.15, 0.2) is 11.0 Å². The molecule has 0 saturated carbocycles. The third-order valence-electron chi connectivity index (χ3n) is 2.40. The van der Waals surface area contributed by atoms with Gasteiger partial charge in [0, 0.05) is 19.6 Å². The van der Waals surface area contributed by atoms with Gasteiger partial charge in [0.2, 0.25) is 0 Å². The molecule has 0 fully saturated rings. The van der Waals surface area contributed by atoms with Gasteiger partial charge >= 0.3 is 0 Å². The summed E-state index contributed by atoms with van der Waals surface area (Å²) in [6, 6.07) is 0. The number of aliphatic hydroxyl groups excluding tert-OH is 1. The maximum Gasteiger partial charge on any atom is 0.285 e. The van der Waals surface area contributed by atoms with Gasteiger partial charge in [-0.25, -0.2) is 5.10 Å². The van der Waals surface area contributed by atoms with Crippen molar-refractivity contribution in [2.45, 2.75) is 6.92 Å². The van der Waals surface area contributed by atoms with Gasteiger partial charge in [-0.05, 0) is 6.54 Å². The molecule has 0 saturated heterocycles. The van der Waals surface area contributed by atoms with E-state index in [0.29, 0.717) is 18.8 Å². The molecule has 0 atom stereocenters. The minimum absolute atomic E-state index is 0.116. The van der Waals surface area contributed by atoms with Gasteiger partial charge in [-0.15, -0.1) is 0 Å². The Labute approximate surface area is 105 Å². The molecule has 96 valence electrons. The molecule has 0 amide bonds. The highest BCUT2D eigenvalue weighted by Gasteiger charge is 2.05. The quantitative estimate of drug-likeness (QED) is 0.650. The van der Waals surface area contributed by atoms with Gasteiger partial charge in [-0.1, -0.05) is 18.5 Å². The summed E-state index contributed by atoms with van der Waals surface area (Å²) in [5.74, 6) is 0. The molecule has 0 spiro atoms. The van der Waals surface area contributed by atoms with E-state index >= 15 is 0 Å². The first kappa shape index (κ1) is 14.0. The number of H-pyrrole nitrogens is 1. The number of halogens is 1. The van der Waals surface area contributed by atoms with Gasteiger partial charge in [-0.2, -0.15) is 5.10 Å². The molecule has 1 aromatic rings. The Morgan fingerprint density at radius 2 is 2.35 bits per heavy atom. The second kappa shape index (κ2) is 7.26. The second-order valence-corrected chi connectivity index (χ2v) is 3.89. The lowest BCUT2D eigenvalue weighted by molar-refractivity contribution is 0.206. The number of nitrogens with zero attached hydrogens (tertiary/aromatic N) is 2. The number of likely N-dealkylation sites (N-methyl/N-ethyl adjacent to an activating group) is 1. The Bertz CT molecular complexity index is 396. The number of anilines is 1. The van der Waals surface area contributed by atoms with E-state index < -0.39 is 5.56 Å². The molecule has 0 aliphatic carbocycles. The van der Waals surface area contributed by atoms with E-state index in [4.69, 9.17) is 16.7 Å². The van der Waals surface area contributed by atoms with Gasteiger partial charge in [0.15, 0.2) is 0 Å². The number of aromatic amines is 1. The van der Waals surface area contributed by atoms with Crippen molar-refractivity contribution in [3.05, 3.63) is 21.6 Å². The zero-order chi connectivity index (χ0) is 12.7. The minimum atomic E-state index is -0.403. The first-order valence-corrected chi connectivity index (χ1v) is 5.87. The minimum Gasteiger partial charge on any atom is -0.395 e. The van der Waals surface area contributed by atoms with Crippen LogP contribution in [-0.2, 0) is 0 Å². The summed E-state index contributed by atoms with van der Waals surface area (Å²) in [6.07, 6.45) is 1.48. The van der Waals surface area contributed by atoms with Crippen molar-refractivity contribution in [3.8, 4) is 0 Å². The zero-order valence-electron chi connectivity index (χ0n) is 9.74. The fourth-order valence-corrected chi connectivity index (χ4v) is 1.58. The summed E-state index contributed by atoms with van der Waals surface area (Å²) in [5, 5.41) is 17.9. The normalized spacial score (nSPS) is 10.8. The highest BCUT2D eigenvalue weighted by atomic mass is 35.5. The average Bonchev–Trinajstić information content (AvgIpc) is 2.33. The van der Waals surface area contributed by atoms with Crippen LogP contribution in [0.3, 0.4) is 0 Å². The maximum absolute atomic E-state index is 11.2. The summed E-state index contributed by atoms with van der Waals surface area (Å²) in [6.45, 7) is 5.07. The Kier molecular flexibility index (Phi) is 5.96. The molecular formula is C10H17ClN4O2. The van der Waals surface area contributed by atoms with Crippen molar-refractivity contribution in [1.29, 1.82) is 0 Å². The topological polar surface area (TPSA) is 81.2 Å². The summed E-state index contributed by atoms with van der Waals surface area (Å²) < 4.78 is 0. The van der Waals surface area contributed by atoms with Crippen molar-refractivity contribution >= 4 is 17.3 Å². The molecule has 6 nitrogen and oxygen atoms in total. The lowest BCUT2D eigenvalue weighted by Gasteiger charge is -2.19. The van der Waals surface area contributed by atoms with E-state index in [1.165, 1.54) is 6.20 Å². The van der Waals surface area contributed by atoms with Crippen LogP contribution in [0.2, 0.25) is 5.02 Å². The standard InChI is InChI=1S/C10H17ClN4O2/c1-2-15(5-6-16)4-3-12-8-7-13-14-10(17)9(8)11/h7,16H,2-6H2,1H3,(H2,12,14,17). The number of hydrogen-bond donors (Lipinski definition) is 3. The molecule has 0 unspecified atom stereocenters. The van der Waals surface area contributed by atoms with E-state index in [1.807, 2.05) is 6.92 Å². The lowest BCUT2D eigenvalue weighted by atomic mass is 10.4. The largest absolute Gasteiger partial charge is 0.395 e. The number of aromatic nitrogens is 2. The van der Waals surface area contributed by atoms with Crippen molar-refractivity contribution in [3.63, 3.8) is 0 Å². The summed E-state index contributed by atoms with van der Waals surface area (Å²) in [7, 11) is 0. The fourth-order valence-electron chi connectivity index (χ4n) is 1.42. The van der Waals surface area contributed by atoms with E-state index in [1.54, 1.807) is 0 Å². The third-order valence-corrected chi connectivity index (χ3v) is 2.78. The Morgan fingerprint density at radius 3 is 3.00 bits per heavy atom. The second-order valence-electron chi connectivity index (χ2n) is 3.51. The van der Waals surface area contributed by atoms with Gasteiger partial charge in [0.05, 0.1) is 18.5 Å². The molecule has 1 aromatic heterocycles. The smallest absolute Gasteiger partial charge is 0.285 e. The maximum atomic E-state index is 11.2. The van der Waals surface area contributed by atoms with Crippen molar-refractivity contribution < 1.29 is 5.11 Å². The molecule has 0 aliphatic rings. The van der Waals surface area contributed by atoms with Crippen LogP contribution in [0.25, 0.3) is 0 Å². The molecule has 7 heteroatoms. The SMILES string of the molecule is CCN(CCO)CCNc1cn[nH]c(=O)c1Cl. The average molecular weight is 261 g/mol. The highest BCUT2D eigenvalue weighted by molar-refractivity contribution is 6.32. The summed E-state index contributed by atoms with van der Waals surface area (Å²) in [4.78, 5) is 13.2. The van der Waals surface area contributed by atoms with Crippen molar-refractivity contribution in [1.82, 2.24) is 15.1 Å². The number of aliphatic hydroxyl groups is 1. The van der Waals surface area contributed by atoms with E-state index in [0.717, 1.165) is 13.1 Å². The molecule has 1 rings (SSSR count). The van der Waals surface area contributed by atoms with Gasteiger partial charge in [0.25, 0.3) is 5.56 Å². The highest BCUT2D eigenvalue weighted by Crippen LogP contribution is 2.13. The Balaban J connectivity index is 2.45. The van der Waals surface area contributed by atoms with Crippen LogP contribution < -0.4 is 10.9 Å². The van der Waals surface area contributed by atoms with Crippen LogP contribution in [0, 0.1) is 0 Å². The number of nitrogens with one attached hydrogen (secondary N) is 2. The molecule has 0 aromatic carbocycles. The van der Waals surface area contributed by atoms with E-state index in [-0.39, 0.29) is 11.6 Å². The summed E-state index contributed by atoms with van der Waals surface area (Å²) in [5.41, 5.74) is 0.120. The van der Waals surface area contributed by atoms with Crippen molar-refractivity contribution in [2.75, 3.05) is 38.1 Å². The number of hydrogen-bond acceptors (Lipinski definition) is 5. The monoisotopic (exact) mass is 260 g/mol. The third kappa shape index (κ3) is 4.33. The summed E-state index contributed by atoms with van der Waals surface area (Å²) >= 11 is 5.80. The Morgan fingerprint density at radius 1 is 1.59 bits per heavy atom. The zero-order valence-corrected chi connectivity index (χ0v) is 10.5. The van der Waals surface area contributed by atoms with E-state index in [2.05, 4.69) is 20.4 Å². The lowest BCUT2D eigenvalue weighted by Crippen LogP contribution is -2.31. The van der Waals surface area contributed by atoms with Crippen LogP contribution in [-0.4, -0.2) is 53.0 Å². The fraction of sp³-hybridized carbons (Fsp3) is 0.600. The van der Waals surface area contributed by atoms with Gasteiger partial charge in [0.1, 0.15) is 5.02 Å².